The molecule has 23 nitrogen and oxygen atoms in total. The Labute approximate surface area is 560 Å². The Morgan fingerprint density at radius 1 is 0.442 bits per heavy atom. The van der Waals surface area contributed by atoms with E-state index in [1.54, 1.807) is 86.3 Å². The van der Waals surface area contributed by atoms with E-state index in [0.717, 1.165) is 11.1 Å². The summed E-state index contributed by atoms with van der Waals surface area (Å²) in [6.07, 6.45) is 7.28. The molecule has 4 saturated heterocycles. The van der Waals surface area contributed by atoms with E-state index in [9.17, 15) is 38.4 Å². The molecule has 0 aromatic heterocycles. The highest BCUT2D eigenvalue weighted by molar-refractivity contribution is 5.97. The van der Waals surface area contributed by atoms with Crippen molar-refractivity contribution < 1.29 is 52.6 Å². The van der Waals surface area contributed by atoms with Gasteiger partial charge in [-0.2, -0.15) is 0 Å². The zero-order valence-corrected chi connectivity index (χ0v) is 55.8. The average molecular weight is 1310 g/mol. The van der Waals surface area contributed by atoms with E-state index in [1.165, 1.54) is 0 Å². The van der Waals surface area contributed by atoms with Crippen LogP contribution in [0.4, 0.5) is 0 Å². The minimum atomic E-state index is -1.02. The molecule has 0 bridgehead atoms. The summed E-state index contributed by atoms with van der Waals surface area (Å²) in [6.45, 7) is 8.73. The van der Waals surface area contributed by atoms with Gasteiger partial charge in [0.15, 0.2) is 0 Å². The SMILES string of the molecule is CN[C@@H](C)C(=O)N[C@@H]1C(=O)N2[C@@H](CC[C@@H]1CCNCc1ccccc1)CC[C@H]2C(=O)N[C@H](C(=O)NCCCOCCOCCOCCCNC(=O)[C@@H](NC(=O)[C@@H]1CC[C@@H]2CC[C@H](CCNCc3ccccc3)[C@H](NC(=O)[C@H](C)NC)C(=O)N21)c1ccccc1)c1ccccc1. The van der Waals surface area contributed by atoms with Crippen LogP contribution in [0, 0.1) is 11.8 Å². The topological polar surface area (TPSA) is 291 Å². The number of hydrogen-bond acceptors (Lipinski definition) is 15. The maximum absolute atomic E-state index is 14.7. The van der Waals surface area contributed by atoms with Gasteiger partial charge >= 0.3 is 0 Å². The third-order valence-corrected chi connectivity index (χ3v) is 18.9. The predicted octanol–water partition coefficient (Wildman–Crippen LogP) is 3.85. The molecule has 4 aromatic carbocycles. The van der Waals surface area contributed by atoms with E-state index < -0.39 is 72.0 Å². The van der Waals surface area contributed by atoms with Crippen molar-refractivity contribution in [2.24, 2.45) is 11.8 Å². The molecule has 23 heteroatoms. The van der Waals surface area contributed by atoms with Gasteiger partial charge in [0.1, 0.15) is 36.3 Å². The lowest BCUT2D eigenvalue weighted by atomic mass is 9.90. The first kappa shape index (κ1) is 73.2. The van der Waals surface area contributed by atoms with Crippen molar-refractivity contribution in [2.75, 3.05) is 79.9 Å². The van der Waals surface area contributed by atoms with Crippen LogP contribution in [-0.2, 0) is 65.7 Å². The predicted molar refractivity (Wildman–Crippen MR) is 362 cm³/mol. The lowest BCUT2D eigenvalue weighted by Gasteiger charge is -2.33. The van der Waals surface area contributed by atoms with E-state index in [1.807, 2.05) is 48.5 Å². The fourth-order valence-corrected chi connectivity index (χ4v) is 13.3. The molecule has 4 aromatic rings. The lowest BCUT2D eigenvalue weighted by molar-refractivity contribution is -0.144. The Bertz CT molecular complexity index is 2850. The standard InChI is InChI=1S/C72H102N12O11/c1-49(73-3)65(85)81-63-55(35-39-75-47-51-19-9-5-10-20-51)27-29-57-31-33-59(83(57)71(63)91)67(87)79-61(53-23-13-7-14-24-53)69(89)77-37-17-41-93-43-45-95-46-44-94-42-18-38-78-70(90)62(54-25-15-8-16-26-54)80-68(88)60-34-32-58-30-28-56(36-40-76-48-52-21-11-6-12-22-52)64(72(92)84(58)60)82-66(86)50(2)74-4/h5-16,19-26,49-50,55-64,73-76H,17-18,27-48H2,1-4H3,(H,77,89)(H,78,90)(H,79,87)(H,80,88)(H,81,85)(H,82,86)/t49-,50-,55+,56+,57-,58-,59-,60-,61-,62-,63-,64-/m0/s1. The molecule has 0 unspecified atom stereocenters. The molecule has 95 heavy (non-hydrogen) atoms. The van der Waals surface area contributed by atoms with Gasteiger partial charge in [0.05, 0.1) is 38.5 Å². The van der Waals surface area contributed by atoms with Crippen LogP contribution < -0.4 is 53.2 Å². The van der Waals surface area contributed by atoms with Crippen LogP contribution in [-0.4, -0.2) is 185 Å². The molecular formula is C72H102N12O11. The van der Waals surface area contributed by atoms with Gasteiger partial charge < -0.3 is 77.2 Å². The van der Waals surface area contributed by atoms with Crippen LogP contribution in [0.25, 0.3) is 0 Å². The Balaban J connectivity index is 0.721. The van der Waals surface area contributed by atoms with Crippen LogP contribution in [0.3, 0.4) is 0 Å². The van der Waals surface area contributed by atoms with Crippen molar-refractivity contribution in [3.05, 3.63) is 144 Å². The number of nitrogens with one attached hydrogen (secondary N) is 10. The van der Waals surface area contributed by atoms with Gasteiger partial charge in [-0.1, -0.05) is 121 Å². The van der Waals surface area contributed by atoms with Crippen molar-refractivity contribution >= 4 is 47.3 Å². The number of hydrogen-bond donors (Lipinski definition) is 10. The molecular weight excluding hydrogens is 1210 g/mol. The number of carbonyl (C=O) groups excluding carboxylic acids is 8. The molecule has 12 atom stereocenters. The molecule has 4 aliphatic rings. The maximum atomic E-state index is 14.7. The first-order valence-electron chi connectivity index (χ1n) is 34.3. The second-order valence-corrected chi connectivity index (χ2v) is 25.4. The normalized spacial score (nSPS) is 22.2. The van der Waals surface area contributed by atoms with E-state index in [0.29, 0.717) is 154 Å². The Morgan fingerprint density at radius 3 is 1.16 bits per heavy atom. The second kappa shape index (κ2) is 38.8. The fourth-order valence-electron chi connectivity index (χ4n) is 13.3. The lowest BCUT2D eigenvalue weighted by Crippen LogP contribution is -2.58. The molecule has 4 fully saturated rings. The highest BCUT2D eigenvalue weighted by Crippen LogP contribution is 2.37. The zero-order chi connectivity index (χ0) is 67.3. The van der Waals surface area contributed by atoms with Crippen LogP contribution in [0.15, 0.2) is 121 Å². The van der Waals surface area contributed by atoms with Gasteiger partial charge in [-0.05, 0) is 152 Å². The van der Waals surface area contributed by atoms with Crippen LogP contribution in [0.5, 0.6) is 0 Å². The van der Waals surface area contributed by atoms with Gasteiger partial charge in [0, 0.05) is 51.5 Å². The number of fused-ring (bicyclic) bond motifs is 2. The fraction of sp³-hybridized carbons (Fsp3) is 0.556. The Morgan fingerprint density at radius 2 is 0.789 bits per heavy atom. The molecule has 10 N–H and O–H groups in total. The van der Waals surface area contributed by atoms with Crippen LogP contribution in [0.2, 0.25) is 0 Å². The molecule has 4 aliphatic heterocycles. The molecule has 8 amide bonds. The Kier molecular flexibility index (Phi) is 29.9. The van der Waals surface area contributed by atoms with Crippen molar-refractivity contribution in [2.45, 2.75) is 164 Å². The van der Waals surface area contributed by atoms with Crippen molar-refractivity contribution in [1.82, 2.24) is 63.0 Å². The molecule has 8 rings (SSSR count). The summed E-state index contributed by atoms with van der Waals surface area (Å²) in [4.78, 5) is 116. The van der Waals surface area contributed by atoms with E-state index >= 15 is 0 Å². The minimum Gasteiger partial charge on any atom is -0.379 e. The van der Waals surface area contributed by atoms with Gasteiger partial charge in [-0.15, -0.1) is 0 Å². The molecule has 0 radical (unpaired) electrons. The quantitative estimate of drug-likeness (QED) is 0.0285. The zero-order valence-electron chi connectivity index (χ0n) is 55.8. The third-order valence-electron chi connectivity index (χ3n) is 18.9. The number of rotatable bonds is 38. The second-order valence-electron chi connectivity index (χ2n) is 25.4. The van der Waals surface area contributed by atoms with E-state index in [2.05, 4.69) is 77.4 Å². The van der Waals surface area contributed by atoms with E-state index in [4.69, 9.17) is 14.2 Å². The summed E-state index contributed by atoms with van der Waals surface area (Å²) in [6, 6.07) is 31.5. The van der Waals surface area contributed by atoms with Crippen molar-refractivity contribution in [3.63, 3.8) is 0 Å². The number of likely N-dealkylation sites (N-methyl/N-ethyl adjacent to an activating group) is 2. The van der Waals surface area contributed by atoms with Crippen molar-refractivity contribution in [3.8, 4) is 0 Å². The largest absolute Gasteiger partial charge is 0.379 e. The first-order chi connectivity index (χ1) is 46.3. The molecule has 4 heterocycles. The highest BCUT2D eigenvalue weighted by Gasteiger charge is 2.50. The minimum absolute atomic E-state index is 0.146. The number of ether oxygens (including phenoxy) is 3. The first-order valence-corrected chi connectivity index (χ1v) is 34.3. The summed E-state index contributed by atoms with van der Waals surface area (Å²) in [5.74, 6) is -3.03. The Hall–Kier alpha value is -7.64. The number of nitrogens with zero attached hydrogens (tertiary/aromatic N) is 2. The van der Waals surface area contributed by atoms with Crippen molar-refractivity contribution in [1.29, 1.82) is 0 Å². The van der Waals surface area contributed by atoms with Gasteiger partial charge in [0.25, 0.3) is 0 Å². The molecule has 0 aliphatic carbocycles. The van der Waals surface area contributed by atoms with Crippen LogP contribution >= 0.6 is 0 Å². The van der Waals surface area contributed by atoms with E-state index in [-0.39, 0.29) is 60.6 Å². The van der Waals surface area contributed by atoms with Gasteiger partial charge in [-0.3, -0.25) is 38.4 Å². The van der Waals surface area contributed by atoms with Gasteiger partial charge in [0.2, 0.25) is 47.3 Å². The van der Waals surface area contributed by atoms with Crippen LogP contribution in [0.1, 0.15) is 125 Å². The summed E-state index contributed by atoms with van der Waals surface area (Å²) in [5.41, 5.74) is 3.51. The van der Waals surface area contributed by atoms with Gasteiger partial charge in [-0.25, -0.2) is 0 Å². The maximum Gasteiger partial charge on any atom is 0.247 e. The third kappa shape index (κ3) is 21.7. The number of benzene rings is 4. The molecule has 0 spiro atoms. The number of carbonyl (C=O) groups is 8. The number of amides is 8. The summed E-state index contributed by atoms with van der Waals surface area (Å²) < 4.78 is 17.3. The smallest absolute Gasteiger partial charge is 0.247 e. The average Bonchev–Trinajstić information content (AvgIpc) is 1.68. The monoisotopic (exact) mass is 1310 g/mol. The highest BCUT2D eigenvalue weighted by atomic mass is 16.5. The molecule has 516 valence electrons. The summed E-state index contributed by atoms with van der Waals surface area (Å²) in [7, 11) is 3.39. The summed E-state index contributed by atoms with van der Waals surface area (Å²) >= 11 is 0. The molecule has 0 saturated carbocycles. The summed E-state index contributed by atoms with van der Waals surface area (Å²) in [5, 5.41) is 30.9.